The van der Waals surface area contributed by atoms with Crippen molar-refractivity contribution in [2.24, 2.45) is 0 Å². The highest BCUT2D eigenvalue weighted by atomic mass is 35.5. The van der Waals surface area contributed by atoms with E-state index in [0.29, 0.717) is 26.2 Å². The fourth-order valence-electron chi connectivity index (χ4n) is 4.27. The average Bonchev–Trinajstić information content (AvgIpc) is 3.33. The minimum Gasteiger partial charge on any atom is -0.342 e. The molecule has 1 fully saturated rings. The molecule has 0 saturated carbocycles. The molecule has 0 bridgehead atoms. The molecular weight excluding hydrogens is 506 g/mol. The number of hydrogen-bond donors (Lipinski definition) is 0. The number of aromatic nitrogens is 1. The van der Waals surface area contributed by atoms with Crippen molar-refractivity contribution in [3.63, 3.8) is 0 Å². The van der Waals surface area contributed by atoms with Crippen LogP contribution in [0.5, 0.6) is 0 Å². The Hall–Kier alpha value is -3.06. The maximum atomic E-state index is 14.6. The molecule has 2 heterocycles. The zero-order valence-electron chi connectivity index (χ0n) is 18.6. The van der Waals surface area contributed by atoms with E-state index < -0.39 is 5.91 Å². The van der Waals surface area contributed by atoms with E-state index in [0.717, 1.165) is 45.1 Å². The summed E-state index contributed by atoms with van der Waals surface area (Å²) in [6, 6.07) is 17.1. The topological polar surface area (TPSA) is 42.3 Å². The molecule has 0 N–H and O–H groups in total. The molecule has 176 valence electrons. The van der Waals surface area contributed by atoms with Gasteiger partial charge in [-0.2, -0.15) is 0 Å². The van der Waals surface area contributed by atoms with Gasteiger partial charge in [0.15, 0.2) is 0 Å². The summed E-state index contributed by atoms with van der Waals surface area (Å²) in [6.45, 7) is 2.29. The summed E-state index contributed by atoms with van der Waals surface area (Å²) in [7, 11) is 0. The van der Waals surface area contributed by atoms with Crippen molar-refractivity contribution in [2.45, 2.75) is 19.9 Å². The minimum absolute atomic E-state index is 0.235. The highest BCUT2D eigenvalue weighted by Crippen LogP contribution is 2.38. The number of benzene rings is 3. The van der Waals surface area contributed by atoms with Gasteiger partial charge in [0.25, 0.3) is 11.1 Å². The first-order chi connectivity index (χ1) is 16.9. The third-order valence-corrected chi connectivity index (χ3v) is 7.42. The summed E-state index contributed by atoms with van der Waals surface area (Å²) in [6.07, 6.45) is 4.38. The van der Waals surface area contributed by atoms with Gasteiger partial charge in [0.1, 0.15) is 5.82 Å². The van der Waals surface area contributed by atoms with Gasteiger partial charge in [-0.1, -0.05) is 54.4 Å². The van der Waals surface area contributed by atoms with Gasteiger partial charge in [-0.15, -0.1) is 0 Å². The quantitative estimate of drug-likeness (QED) is 0.249. The summed E-state index contributed by atoms with van der Waals surface area (Å²) >= 11 is 13.1. The molecule has 0 unspecified atom stereocenters. The second kappa shape index (κ2) is 9.53. The normalized spacial score (nSPS) is 15.1. The number of anilines is 1. The first kappa shape index (κ1) is 23.7. The molecule has 1 saturated heterocycles. The predicted octanol–water partition coefficient (Wildman–Crippen LogP) is 7.94. The summed E-state index contributed by atoms with van der Waals surface area (Å²) < 4.78 is 16.5. The second-order valence-corrected chi connectivity index (χ2v) is 9.91. The average molecular weight is 525 g/mol. The Morgan fingerprint density at radius 3 is 2.46 bits per heavy atom. The molecule has 8 heteroatoms. The molecule has 4 aromatic rings. The van der Waals surface area contributed by atoms with Gasteiger partial charge in [-0.25, -0.2) is 9.29 Å². The van der Waals surface area contributed by atoms with Crippen LogP contribution in [0.1, 0.15) is 23.6 Å². The van der Waals surface area contributed by atoms with Gasteiger partial charge in [-0.05, 0) is 66.2 Å². The third kappa shape index (κ3) is 4.38. The monoisotopic (exact) mass is 524 g/mol. The molecule has 4 nitrogen and oxygen atoms in total. The van der Waals surface area contributed by atoms with Gasteiger partial charge in [-0.3, -0.25) is 9.59 Å². The van der Waals surface area contributed by atoms with Crippen LogP contribution in [0.3, 0.4) is 0 Å². The van der Waals surface area contributed by atoms with Crippen molar-refractivity contribution in [2.75, 3.05) is 4.90 Å². The van der Waals surface area contributed by atoms with E-state index in [1.165, 1.54) is 6.07 Å². The lowest BCUT2D eigenvalue weighted by Crippen LogP contribution is -2.27. The molecule has 0 aliphatic carbocycles. The Labute approximate surface area is 215 Å². The van der Waals surface area contributed by atoms with Crippen molar-refractivity contribution in [3.8, 4) is 0 Å². The lowest BCUT2D eigenvalue weighted by Gasteiger charge is -2.12. The zero-order chi connectivity index (χ0) is 24.7. The first-order valence-electron chi connectivity index (χ1n) is 10.9. The van der Waals surface area contributed by atoms with Crippen LogP contribution in [0.4, 0.5) is 14.9 Å². The van der Waals surface area contributed by atoms with Crippen LogP contribution in [0, 0.1) is 5.82 Å². The zero-order valence-corrected chi connectivity index (χ0v) is 20.9. The van der Waals surface area contributed by atoms with E-state index in [4.69, 9.17) is 23.2 Å². The molecule has 0 radical (unpaired) electrons. The Morgan fingerprint density at radius 2 is 1.74 bits per heavy atom. The van der Waals surface area contributed by atoms with Gasteiger partial charge >= 0.3 is 0 Å². The lowest BCUT2D eigenvalue weighted by molar-refractivity contribution is -0.113. The Morgan fingerprint density at radius 1 is 1.00 bits per heavy atom. The largest absolute Gasteiger partial charge is 0.342 e. The molecular formula is C27H19Cl2FN2O2S. The number of imide groups is 1. The molecule has 2 amide bonds. The molecule has 35 heavy (non-hydrogen) atoms. The fraction of sp³-hybridized carbons (Fsp3) is 0.111. The minimum atomic E-state index is -0.396. The predicted molar refractivity (Wildman–Crippen MR) is 142 cm³/mol. The van der Waals surface area contributed by atoms with E-state index in [9.17, 15) is 14.0 Å². The number of halogens is 3. The summed E-state index contributed by atoms with van der Waals surface area (Å²) in [4.78, 5) is 27.3. The first-order valence-corrected chi connectivity index (χ1v) is 12.5. The van der Waals surface area contributed by atoms with Crippen LogP contribution in [0.15, 0.2) is 71.8 Å². The van der Waals surface area contributed by atoms with E-state index in [-0.39, 0.29) is 17.6 Å². The van der Waals surface area contributed by atoms with Crippen molar-refractivity contribution in [1.82, 2.24) is 4.57 Å². The van der Waals surface area contributed by atoms with Crippen LogP contribution in [-0.4, -0.2) is 15.7 Å². The second-order valence-electron chi connectivity index (χ2n) is 8.07. The third-order valence-electron chi connectivity index (χ3n) is 5.95. The van der Waals surface area contributed by atoms with E-state index in [1.807, 2.05) is 29.0 Å². The number of nitrogens with zero attached hydrogens (tertiary/aromatic N) is 2. The van der Waals surface area contributed by atoms with Crippen LogP contribution in [0.25, 0.3) is 17.0 Å². The Kier molecular flexibility index (Phi) is 6.45. The number of carbonyl (C=O) groups is 2. The Bertz CT molecular complexity index is 1490. The lowest BCUT2D eigenvalue weighted by atomic mass is 10.1. The van der Waals surface area contributed by atoms with Crippen molar-refractivity contribution >= 4 is 68.8 Å². The van der Waals surface area contributed by atoms with E-state index in [1.54, 1.807) is 42.5 Å². The number of rotatable bonds is 5. The van der Waals surface area contributed by atoms with Crippen molar-refractivity contribution < 1.29 is 14.0 Å². The number of para-hydroxylation sites is 1. The summed E-state index contributed by atoms with van der Waals surface area (Å²) in [5.74, 6) is -0.772. The molecule has 1 aliphatic rings. The molecule has 5 rings (SSSR count). The van der Waals surface area contributed by atoms with E-state index >= 15 is 0 Å². The maximum absolute atomic E-state index is 14.6. The van der Waals surface area contributed by atoms with Crippen LogP contribution < -0.4 is 4.90 Å². The number of amides is 2. The molecule has 1 aliphatic heterocycles. The number of thioether (sulfide) groups is 1. The van der Waals surface area contributed by atoms with E-state index in [2.05, 4.69) is 6.92 Å². The van der Waals surface area contributed by atoms with Crippen LogP contribution in [-0.2, 0) is 17.8 Å². The smallest absolute Gasteiger partial charge is 0.298 e. The van der Waals surface area contributed by atoms with Gasteiger partial charge in [0.05, 0.1) is 22.7 Å². The standard InChI is InChI=1S/C27H19Cl2FN2O2S/c1-2-16-5-3-6-20-17(14-31(25(16)20)15-21-22(29)7-4-8-23(21)30)13-24-26(33)32(27(34)35-24)19-11-9-18(28)10-12-19/h3-14H,2,15H2,1H3/b24-13-. The highest BCUT2D eigenvalue weighted by molar-refractivity contribution is 8.19. The number of carbonyl (C=O) groups excluding carboxylic acids is 2. The van der Waals surface area contributed by atoms with Crippen molar-refractivity contribution in [3.05, 3.63) is 104 Å². The molecule has 3 aromatic carbocycles. The number of fused-ring (bicyclic) bond motifs is 1. The molecule has 1 aromatic heterocycles. The van der Waals surface area contributed by atoms with Crippen molar-refractivity contribution in [1.29, 1.82) is 0 Å². The van der Waals surface area contributed by atoms with Gasteiger partial charge < -0.3 is 4.57 Å². The summed E-state index contributed by atoms with van der Waals surface area (Å²) in [5.41, 5.74) is 3.66. The summed E-state index contributed by atoms with van der Waals surface area (Å²) in [5, 5.41) is 1.41. The van der Waals surface area contributed by atoms with Gasteiger partial charge in [0, 0.05) is 32.8 Å². The van der Waals surface area contributed by atoms with Gasteiger partial charge in [0.2, 0.25) is 0 Å². The maximum Gasteiger partial charge on any atom is 0.298 e. The van der Waals surface area contributed by atoms with Crippen LogP contribution >= 0.6 is 35.0 Å². The number of hydrogen-bond acceptors (Lipinski definition) is 3. The molecule has 0 atom stereocenters. The van der Waals surface area contributed by atoms with Crippen LogP contribution in [0.2, 0.25) is 10.0 Å². The number of aryl methyl sites for hydroxylation is 1. The Balaban J connectivity index is 1.59. The fourth-order valence-corrected chi connectivity index (χ4v) is 5.45. The SMILES string of the molecule is CCc1cccc2c(/C=C3\SC(=O)N(c4ccc(Cl)cc4)C3=O)cn(Cc3c(F)cccc3Cl)c12. The highest BCUT2D eigenvalue weighted by Gasteiger charge is 2.36. The molecule has 0 spiro atoms.